The molecule has 2 aliphatic heterocycles. The topological polar surface area (TPSA) is 216 Å². The number of aromatic nitrogens is 4. The van der Waals surface area contributed by atoms with Crippen LogP contribution in [-0.4, -0.2) is 111 Å². The number of amides is 5. The fourth-order valence-electron chi connectivity index (χ4n) is 6.86. The van der Waals surface area contributed by atoms with E-state index in [9.17, 15) is 28.8 Å². The van der Waals surface area contributed by atoms with Crippen molar-refractivity contribution < 1.29 is 38.2 Å². The molecule has 3 heterocycles. The number of carbonyl (C=O) groups excluding carboxylic acids is 6. The quantitative estimate of drug-likeness (QED) is 0.193. The summed E-state index contributed by atoms with van der Waals surface area (Å²) in [6.45, 7) is 9.56. The van der Waals surface area contributed by atoms with Gasteiger partial charge < -0.3 is 35.6 Å². The number of ketones is 1. The van der Waals surface area contributed by atoms with E-state index in [1.54, 1.807) is 36.7 Å². The first-order valence-corrected chi connectivity index (χ1v) is 19.5. The second-order valence-electron chi connectivity index (χ2n) is 15.2. The molecule has 0 saturated carbocycles. The summed E-state index contributed by atoms with van der Waals surface area (Å²) in [6.07, 6.45) is 1.07. The number of rotatable bonds is 12. The summed E-state index contributed by atoms with van der Waals surface area (Å²) in [5.74, 6) is -3.04. The predicted octanol–water partition coefficient (Wildman–Crippen LogP) is 1.51. The number of tetrazole rings is 1. The fourth-order valence-corrected chi connectivity index (χ4v) is 6.86. The normalized spacial score (nSPS) is 20.1. The molecule has 0 spiro atoms. The van der Waals surface area contributed by atoms with Gasteiger partial charge in [-0.1, -0.05) is 62.7 Å². The summed E-state index contributed by atoms with van der Waals surface area (Å²) in [5, 5.41) is 22.9. The van der Waals surface area contributed by atoms with Gasteiger partial charge in [0.1, 0.15) is 23.9 Å². The van der Waals surface area contributed by atoms with Gasteiger partial charge in [-0.3, -0.25) is 28.8 Å². The fraction of sp³-hybridized carbons (Fsp3) is 0.525. The Bertz CT molecular complexity index is 1900. The lowest BCUT2D eigenvalue weighted by atomic mass is 10.0. The maximum Gasteiger partial charge on any atom is 0.290 e. The molecule has 0 aliphatic carbocycles. The van der Waals surface area contributed by atoms with Crippen molar-refractivity contribution in [3.63, 3.8) is 0 Å². The van der Waals surface area contributed by atoms with Crippen molar-refractivity contribution in [2.75, 3.05) is 26.3 Å². The Hall–Kier alpha value is -5.71. The molecule has 57 heavy (non-hydrogen) atoms. The molecule has 17 nitrogen and oxygen atoms in total. The van der Waals surface area contributed by atoms with E-state index in [4.69, 9.17) is 9.47 Å². The first-order valence-electron chi connectivity index (χ1n) is 19.5. The van der Waals surface area contributed by atoms with Gasteiger partial charge in [-0.05, 0) is 67.3 Å². The Kier molecular flexibility index (Phi) is 14.5. The van der Waals surface area contributed by atoms with Crippen LogP contribution in [0.2, 0.25) is 0 Å². The van der Waals surface area contributed by atoms with Crippen molar-refractivity contribution in [3.05, 3.63) is 71.5 Å². The Balaban J connectivity index is 1.24. The van der Waals surface area contributed by atoms with Gasteiger partial charge in [-0.15, -0.1) is 5.10 Å². The molecule has 17 heteroatoms. The molecule has 3 aromatic rings. The second-order valence-corrected chi connectivity index (χ2v) is 15.2. The third kappa shape index (κ3) is 11.2. The van der Waals surface area contributed by atoms with Gasteiger partial charge in [0, 0.05) is 19.4 Å². The molecule has 1 fully saturated rings. The summed E-state index contributed by atoms with van der Waals surface area (Å²) >= 11 is 0. The third-order valence-corrected chi connectivity index (χ3v) is 9.73. The number of fused-ring (bicyclic) bond motifs is 4. The monoisotopic (exact) mass is 787 g/mol. The van der Waals surface area contributed by atoms with Gasteiger partial charge in [0.15, 0.2) is 5.82 Å². The lowest BCUT2D eigenvalue weighted by Gasteiger charge is -2.29. The Morgan fingerprint density at radius 3 is 2.49 bits per heavy atom. The zero-order chi connectivity index (χ0) is 41.1. The van der Waals surface area contributed by atoms with E-state index in [1.165, 1.54) is 4.90 Å². The average Bonchev–Trinajstić information content (AvgIpc) is 3.86. The number of hydrogen-bond acceptors (Lipinski definition) is 11. The molecular weight excluding hydrogens is 734 g/mol. The van der Waals surface area contributed by atoms with Crippen LogP contribution in [0, 0.1) is 0 Å². The molecule has 1 aromatic heterocycles. The van der Waals surface area contributed by atoms with Gasteiger partial charge in [0.2, 0.25) is 29.4 Å². The Morgan fingerprint density at radius 1 is 1.00 bits per heavy atom. The van der Waals surface area contributed by atoms with Crippen molar-refractivity contribution in [3.8, 4) is 5.75 Å². The largest absolute Gasteiger partial charge is 0.493 e. The summed E-state index contributed by atoms with van der Waals surface area (Å²) in [5.41, 5.74) is 0.920. The summed E-state index contributed by atoms with van der Waals surface area (Å²) in [7, 11) is 0. The minimum absolute atomic E-state index is 0.0340. The highest BCUT2D eigenvalue weighted by atomic mass is 16.5. The van der Waals surface area contributed by atoms with E-state index < -0.39 is 71.8 Å². The highest BCUT2D eigenvalue weighted by molar-refractivity contribution is 6.38. The van der Waals surface area contributed by atoms with Crippen LogP contribution in [0.15, 0.2) is 54.6 Å². The van der Waals surface area contributed by atoms with Crippen LogP contribution < -0.4 is 26.0 Å². The summed E-state index contributed by atoms with van der Waals surface area (Å²) < 4.78 is 13.5. The zero-order valence-corrected chi connectivity index (χ0v) is 33.2. The van der Waals surface area contributed by atoms with Crippen LogP contribution in [0.4, 0.5) is 0 Å². The maximum atomic E-state index is 14.0. The van der Waals surface area contributed by atoms with Gasteiger partial charge in [0.25, 0.3) is 5.91 Å². The summed E-state index contributed by atoms with van der Waals surface area (Å²) in [6, 6.07) is 12.3. The Labute approximate surface area is 332 Å². The molecule has 2 aromatic carbocycles. The molecule has 2 unspecified atom stereocenters. The lowest BCUT2D eigenvalue weighted by Crippen LogP contribution is -2.56. The average molecular weight is 788 g/mol. The molecule has 306 valence electrons. The van der Waals surface area contributed by atoms with Crippen molar-refractivity contribution in [1.82, 2.24) is 46.4 Å². The van der Waals surface area contributed by atoms with Crippen LogP contribution in [0.3, 0.4) is 0 Å². The first-order chi connectivity index (χ1) is 27.3. The minimum Gasteiger partial charge on any atom is -0.493 e. The number of ether oxygens (including phenoxy) is 2. The highest BCUT2D eigenvalue weighted by Crippen LogP contribution is 2.25. The highest BCUT2D eigenvalue weighted by Gasteiger charge is 2.43. The van der Waals surface area contributed by atoms with Crippen molar-refractivity contribution in [2.24, 2.45) is 0 Å². The number of benzene rings is 2. The van der Waals surface area contributed by atoms with Crippen molar-refractivity contribution in [1.29, 1.82) is 0 Å². The molecule has 5 atom stereocenters. The molecule has 2 aliphatic rings. The molecular formula is C40H53N9O8. The van der Waals surface area contributed by atoms with E-state index in [0.717, 1.165) is 5.56 Å². The second kappa shape index (κ2) is 19.4. The van der Waals surface area contributed by atoms with Gasteiger partial charge >= 0.3 is 0 Å². The van der Waals surface area contributed by atoms with Crippen molar-refractivity contribution >= 4 is 35.3 Å². The van der Waals surface area contributed by atoms with E-state index in [-0.39, 0.29) is 38.1 Å². The van der Waals surface area contributed by atoms with Crippen LogP contribution in [-0.2, 0) is 45.5 Å². The molecule has 1 saturated heterocycles. The van der Waals surface area contributed by atoms with Gasteiger partial charge in [-0.2, -0.15) is 0 Å². The molecule has 4 bridgehead atoms. The van der Waals surface area contributed by atoms with E-state index >= 15 is 0 Å². The van der Waals surface area contributed by atoms with E-state index in [2.05, 4.69) is 36.8 Å². The van der Waals surface area contributed by atoms with Gasteiger partial charge in [-0.25, -0.2) is 4.68 Å². The molecule has 0 radical (unpaired) electrons. The van der Waals surface area contributed by atoms with Crippen LogP contribution in [0.1, 0.15) is 89.7 Å². The van der Waals surface area contributed by atoms with Crippen molar-refractivity contribution in [2.45, 2.75) is 109 Å². The van der Waals surface area contributed by atoms with E-state index in [1.807, 2.05) is 57.2 Å². The Morgan fingerprint density at radius 2 is 1.77 bits per heavy atom. The van der Waals surface area contributed by atoms with Gasteiger partial charge in [0.05, 0.1) is 43.9 Å². The standard InChI is InChI=1S/C40H53N9O8/c1-6-13-30(35(52)38(54)41-23-33(51)44-34(26-15-9-8-10-16-26)36-45-46-47-49(36)40(3,4)5)43-37(53)31-22-28-24-48(31)39(55)29(7-2)42-32(50)21-25-14-11-17-27(20-25)56-18-12-19-57-28/h8-11,14-17,20,28-31,34H,6-7,12-13,18-19,21-24H2,1-5H3,(H,41,54)(H,42,50)(H,43,53)(H,44,51)/t28-,29+,30?,31+,34?/m1/s1. The number of nitrogens with zero attached hydrogens (tertiary/aromatic N) is 5. The number of carbonyl (C=O) groups is 6. The minimum atomic E-state index is -1.23. The maximum absolute atomic E-state index is 14.0. The van der Waals surface area contributed by atoms with Crippen LogP contribution in [0.5, 0.6) is 5.75 Å². The molecule has 5 amide bonds. The summed E-state index contributed by atoms with van der Waals surface area (Å²) in [4.78, 5) is 82.3. The number of Topliss-reactive ketones (excluding diaryl/α,β-unsaturated/α-hetero) is 1. The first kappa shape index (κ1) is 42.4. The molecule has 5 rings (SSSR count). The smallest absolute Gasteiger partial charge is 0.290 e. The number of nitrogens with one attached hydrogen (secondary N) is 4. The SMILES string of the molecule is CCCC(NC(=O)[C@@H]1C[C@@H]2CN1C(=O)[C@H](CC)NC(=O)Cc1cccc(c1)OCCCO2)C(=O)C(=O)NCC(=O)NC(c1ccccc1)c1nnnn1C(C)(C)C. The molecule has 4 N–H and O–H groups in total. The zero-order valence-electron chi connectivity index (χ0n) is 33.2. The van der Waals surface area contributed by atoms with Crippen LogP contribution >= 0.6 is 0 Å². The predicted molar refractivity (Wildman–Crippen MR) is 206 cm³/mol. The third-order valence-electron chi connectivity index (χ3n) is 9.73. The van der Waals surface area contributed by atoms with Crippen LogP contribution in [0.25, 0.3) is 0 Å². The number of hydrogen-bond donors (Lipinski definition) is 4. The van der Waals surface area contributed by atoms with E-state index in [0.29, 0.717) is 43.2 Å². The lowest BCUT2D eigenvalue weighted by molar-refractivity contribution is -0.143.